The smallest absolute Gasteiger partial charge is 0.228 e. The van der Waals surface area contributed by atoms with Crippen LogP contribution in [0.15, 0.2) is 18.2 Å². The molecule has 0 atom stereocenters. The predicted molar refractivity (Wildman–Crippen MR) is 80.0 cm³/mol. The number of halogens is 1. The summed E-state index contributed by atoms with van der Waals surface area (Å²) in [6, 6.07) is 4.22. The van der Waals surface area contributed by atoms with Gasteiger partial charge in [-0.2, -0.15) is 0 Å². The van der Waals surface area contributed by atoms with Gasteiger partial charge in [0.1, 0.15) is 5.82 Å². The summed E-state index contributed by atoms with van der Waals surface area (Å²) in [5.74, 6) is 2.54. The van der Waals surface area contributed by atoms with E-state index in [0.29, 0.717) is 23.2 Å². The van der Waals surface area contributed by atoms with Crippen LogP contribution in [0.25, 0.3) is 0 Å². The summed E-state index contributed by atoms with van der Waals surface area (Å²) >= 11 is 0. The average molecular weight is 288 g/mol. The number of hydrogen-bond acceptors (Lipinski definition) is 2. The van der Waals surface area contributed by atoms with E-state index in [1.54, 1.807) is 6.07 Å². The third-order valence-corrected chi connectivity index (χ3v) is 5.72. The lowest BCUT2D eigenvalue weighted by Gasteiger charge is -2.53. The molecule has 1 aromatic rings. The van der Waals surface area contributed by atoms with E-state index in [1.165, 1.54) is 44.2 Å². The standard InChI is InChI=1S/C17H21FN2O/c18-13-6-14(19)8-15(7-13)20-17(21)16-11-2-9-1-10(4-11)5-12(16)3-9/h6-12,16H,1-5,19H2,(H,20,21). The third-order valence-electron chi connectivity index (χ3n) is 5.72. The van der Waals surface area contributed by atoms with Crippen LogP contribution < -0.4 is 11.1 Å². The molecule has 4 aliphatic rings. The van der Waals surface area contributed by atoms with Crippen LogP contribution >= 0.6 is 0 Å². The predicted octanol–water partition coefficient (Wildman–Crippen LogP) is 3.42. The zero-order valence-corrected chi connectivity index (χ0v) is 12.0. The Labute approximate surface area is 124 Å². The van der Waals surface area contributed by atoms with Gasteiger partial charge in [-0.1, -0.05) is 0 Å². The molecule has 5 rings (SSSR count). The summed E-state index contributed by atoms with van der Waals surface area (Å²) in [4.78, 5) is 12.7. The molecule has 0 heterocycles. The van der Waals surface area contributed by atoms with Gasteiger partial charge in [-0.15, -0.1) is 0 Å². The van der Waals surface area contributed by atoms with Crippen molar-refractivity contribution in [3.8, 4) is 0 Å². The van der Waals surface area contributed by atoms with Gasteiger partial charge in [0, 0.05) is 17.3 Å². The second-order valence-electron chi connectivity index (χ2n) is 7.22. The van der Waals surface area contributed by atoms with Crippen LogP contribution in [0.2, 0.25) is 0 Å². The molecule has 0 radical (unpaired) electrons. The van der Waals surface area contributed by atoms with Crippen LogP contribution in [-0.4, -0.2) is 5.91 Å². The normalized spacial score (nSPS) is 36.7. The molecular formula is C17H21FN2O. The summed E-state index contributed by atoms with van der Waals surface area (Å²) in [5.41, 5.74) is 6.46. The van der Waals surface area contributed by atoms with E-state index in [1.807, 2.05) is 0 Å². The molecule has 4 saturated carbocycles. The minimum atomic E-state index is -0.407. The van der Waals surface area contributed by atoms with E-state index >= 15 is 0 Å². The first-order valence-electron chi connectivity index (χ1n) is 7.95. The number of nitrogens with one attached hydrogen (secondary N) is 1. The number of nitrogens with two attached hydrogens (primary N) is 1. The summed E-state index contributed by atoms with van der Waals surface area (Å²) in [7, 11) is 0. The fraction of sp³-hybridized carbons (Fsp3) is 0.588. The highest BCUT2D eigenvalue weighted by atomic mass is 19.1. The van der Waals surface area contributed by atoms with E-state index in [2.05, 4.69) is 5.32 Å². The fourth-order valence-electron chi connectivity index (χ4n) is 5.26. The fourth-order valence-corrected chi connectivity index (χ4v) is 5.26. The van der Waals surface area contributed by atoms with Crippen LogP contribution in [0.1, 0.15) is 32.1 Å². The van der Waals surface area contributed by atoms with Gasteiger partial charge in [-0.3, -0.25) is 4.79 Å². The molecule has 4 heteroatoms. The van der Waals surface area contributed by atoms with Gasteiger partial charge < -0.3 is 11.1 Å². The zero-order chi connectivity index (χ0) is 14.6. The Morgan fingerprint density at radius 2 is 1.67 bits per heavy atom. The quantitative estimate of drug-likeness (QED) is 0.819. The van der Waals surface area contributed by atoms with Gasteiger partial charge in [0.15, 0.2) is 0 Å². The SMILES string of the molecule is Nc1cc(F)cc(NC(=O)C2C3CC4CC(C3)CC2C4)c1. The minimum absolute atomic E-state index is 0.0637. The molecule has 3 nitrogen and oxygen atoms in total. The van der Waals surface area contributed by atoms with Gasteiger partial charge in [0.2, 0.25) is 5.91 Å². The molecule has 0 spiro atoms. The largest absolute Gasteiger partial charge is 0.399 e. The van der Waals surface area contributed by atoms with Crippen molar-refractivity contribution >= 4 is 17.3 Å². The van der Waals surface area contributed by atoms with E-state index in [9.17, 15) is 9.18 Å². The molecule has 1 aromatic carbocycles. The molecule has 4 fully saturated rings. The van der Waals surface area contributed by atoms with Gasteiger partial charge in [0.05, 0.1) is 0 Å². The van der Waals surface area contributed by atoms with Gasteiger partial charge in [0.25, 0.3) is 0 Å². The van der Waals surface area contributed by atoms with E-state index in [4.69, 9.17) is 5.73 Å². The second kappa shape index (κ2) is 4.72. The molecule has 0 unspecified atom stereocenters. The maximum absolute atomic E-state index is 13.4. The van der Waals surface area contributed by atoms with Gasteiger partial charge in [-0.25, -0.2) is 4.39 Å². The molecule has 112 valence electrons. The molecule has 0 aliphatic heterocycles. The topological polar surface area (TPSA) is 55.1 Å². The van der Waals surface area contributed by atoms with Crippen molar-refractivity contribution < 1.29 is 9.18 Å². The molecule has 3 N–H and O–H groups in total. The Bertz CT molecular complexity index is 538. The van der Waals surface area contributed by atoms with Crippen LogP contribution in [0.3, 0.4) is 0 Å². The number of carbonyl (C=O) groups excluding carboxylic acids is 1. The Kier molecular flexibility index (Phi) is 2.95. The van der Waals surface area contributed by atoms with E-state index in [0.717, 1.165) is 11.8 Å². The van der Waals surface area contributed by atoms with Gasteiger partial charge in [-0.05, 0) is 74.0 Å². The van der Waals surface area contributed by atoms with Crippen molar-refractivity contribution in [2.24, 2.45) is 29.6 Å². The lowest BCUT2D eigenvalue weighted by Crippen LogP contribution is -2.49. The third kappa shape index (κ3) is 2.30. The van der Waals surface area contributed by atoms with E-state index in [-0.39, 0.29) is 11.8 Å². The van der Waals surface area contributed by atoms with Crippen LogP contribution in [0.4, 0.5) is 15.8 Å². The van der Waals surface area contributed by atoms with Crippen LogP contribution in [0.5, 0.6) is 0 Å². The van der Waals surface area contributed by atoms with Crippen molar-refractivity contribution in [2.75, 3.05) is 11.1 Å². The Balaban J connectivity index is 1.52. The molecule has 0 aromatic heterocycles. The number of benzene rings is 1. The van der Waals surface area contributed by atoms with Crippen LogP contribution in [0, 0.1) is 35.4 Å². The minimum Gasteiger partial charge on any atom is -0.399 e. The average Bonchev–Trinajstić information content (AvgIpc) is 2.35. The first kappa shape index (κ1) is 13.1. The summed E-state index contributed by atoms with van der Waals surface area (Å²) in [5, 5.41) is 2.89. The summed E-state index contributed by atoms with van der Waals surface area (Å²) < 4.78 is 13.4. The monoisotopic (exact) mass is 288 g/mol. The molecule has 21 heavy (non-hydrogen) atoms. The highest BCUT2D eigenvalue weighted by molar-refractivity contribution is 5.93. The van der Waals surface area contributed by atoms with Crippen LogP contribution in [-0.2, 0) is 4.79 Å². The van der Waals surface area contributed by atoms with Crippen molar-refractivity contribution in [1.29, 1.82) is 0 Å². The maximum Gasteiger partial charge on any atom is 0.228 e. The lowest BCUT2D eigenvalue weighted by atomic mass is 9.51. The van der Waals surface area contributed by atoms with Crippen molar-refractivity contribution in [3.63, 3.8) is 0 Å². The number of hydrogen-bond donors (Lipinski definition) is 2. The first-order chi connectivity index (χ1) is 10.1. The first-order valence-corrected chi connectivity index (χ1v) is 7.95. The number of amides is 1. The molecule has 0 saturated heterocycles. The Morgan fingerprint density at radius 3 is 2.24 bits per heavy atom. The number of carbonyl (C=O) groups is 1. The molecular weight excluding hydrogens is 267 g/mol. The highest BCUT2D eigenvalue weighted by Crippen LogP contribution is 2.56. The molecule has 4 aliphatic carbocycles. The highest BCUT2D eigenvalue weighted by Gasteiger charge is 2.50. The Hall–Kier alpha value is -1.58. The Morgan fingerprint density at radius 1 is 1.05 bits per heavy atom. The van der Waals surface area contributed by atoms with Crippen molar-refractivity contribution in [3.05, 3.63) is 24.0 Å². The number of anilines is 2. The zero-order valence-electron chi connectivity index (χ0n) is 12.0. The number of rotatable bonds is 2. The lowest BCUT2D eigenvalue weighted by molar-refractivity contribution is -0.132. The number of nitrogen functional groups attached to an aromatic ring is 1. The summed E-state index contributed by atoms with van der Waals surface area (Å²) in [6.07, 6.45) is 6.20. The summed E-state index contributed by atoms with van der Waals surface area (Å²) in [6.45, 7) is 0. The van der Waals surface area contributed by atoms with Gasteiger partial charge >= 0.3 is 0 Å². The molecule has 4 bridgehead atoms. The maximum atomic E-state index is 13.4. The second-order valence-corrected chi connectivity index (χ2v) is 7.22. The van der Waals surface area contributed by atoms with Crippen molar-refractivity contribution in [2.45, 2.75) is 32.1 Å². The van der Waals surface area contributed by atoms with Crippen molar-refractivity contribution in [1.82, 2.24) is 0 Å². The molecule has 1 amide bonds. The van der Waals surface area contributed by atoms with E-state index < -0.39 is 5.82 Å².